The monoisotopic (exact) mass is 1440 g/mol. The number of nitrogens with zero attached hydrogens (tertiary/aromatic N) is 3. The predicted octanol–water partition coefficient (Wildman–Crippen LogP) is -0.957. The van der Waals surface area contributed by atoms with E-state index in [0.717, 1.165) is 0 Å². The molecular weight excluding hydrogens is 1320 g/mol. The molecule has 0 aromatic rings. The summed E-state index contributed by atoms with van der Waals surface area (Å²) in [5.41, 5.74) is -1.10. The summed E-state index contributed by atoms with van der Waals surface area (Å²) < 4.78 is 0. The SMILES string of the molecule is CC[C@H](C)[C@H](NC(=O)[C@H](CO)NC(=O)[C@@H]1CCCN1C(=O)C(C)(C)NC(=O)[C@@H](NC(=O)[C@H](CC(N)=O)NC(=O)C(C)(C)NC(C)=O)[C@@H](C)CC)C(=O)NC(C)(C)C(=O)N1CCC[C@H]1C(=O)N[C@@H](CC(C)C)C(=O)N[C@@H](CC(C)C)C(=O)NC(C)(C)C(=O)N1CCC[C@H]1C(=O)N[C@H](CO)CC(C)C. The number of nitrogens with two attached hydrogens (primary N) is 1. The van der Waals surface area contributed by atoms with Gasteiger partial charge in [0, 0.05) is 26.6 Å². The Morgan fingerprint density at radius 1 is 0.412 bits per heavy atom. The molecule has 3 aliphatic heterocycles. The van der Waals surface area contributed by atoms with E-state index in [4.69, 9.17) is 5.73 Å². The van der Waals surface area contributed by atoms with Gasteiger partial charge in [-0.15, -0.1) is 0 Å². The van der Waals surface area contributed by atoms with Crippen LogP contribution < -0.4 is 64.2 Å². The van der Waals surface area contributed by atoms with Crippen LogP contribution in [-0.2, 0) is 71.9 Å². The predicted molar refractivity (Wildman–Crippen MR) is 378 cm³/mol. The summed E-state index contributed by atoms with van der Waals surface area (Å²) in [7, 11) is 0. The molecule has 3 rings (SSSR count). The highest BCUT2D eigenvalue weighted by Gasteiger charge is 2.48. The normalized spacial score (nSPS) is 19.2. The lowest BCUT2D eigenvalue weighted by Gasteiger charge is -2.36. The summed E-state index contributed by atoms with van der Waals surface area (Å²) in [6.07, 6.45) is 2.70. The number of likely N-dealkylation sites (tertiary alicyclic amines) is 3. The van der Waals surface area contributed by atoms with Crippen LogP contribution in [0.5, 0.6) is 0 Å². The van der Waals surface area contributed by atoms with Crippen LogP contribution in [-0.4, -0.2) is 229 Å². The Hall–Kier alpha value is -8.03. The molecule has 15 N–H and O–H groups in total. The highest BCUT2D eigenvalue weighted by molar-refractivity contribution is 6.02. The number of nitrogens with one attached hydrogen (secondary N) is 11. The molecule has 12 atom stereocenters. The van der Waals surface area contributed by atoms with E-state index in [1.807, 2.05) is 41.5 Å². The van der Waals surface area contributed by atoms with E-state index in [-0.39, 0.29) is 69.7 Å². The van der Waals surface area contributed by atoms with E-state index >= 15 is 0 Å². The van der Waals surface area contributed by atoms with Crippen LogP contribution in [0.4, 0.5) is 0 Å². The average Bonchev–Trinajstić information content (AvgIpc) is 1.75. The maximum atomic E-state index is 14.6. The Bertz CT molecular complexity index is 3030. The van der Waals surface area contributed by atoms with Crippen LogP contribution in [0.1, 0.15) is 209 Å². The Kier molecular flexibility index (Phi) is 33.3. The van der Waals surface area contributed by atoms with Gasteiger partial charge in [0.2, 0.25) is 88.6 Å². The molecule has 0 aromatic carbocycles. The highest BCUT2D eigenvalue weighted by Crippen LogP contribution is 2.27. The fraction of sp³-hybridized carbons (Fsp3) is 0.786. The minimum absolute atomic E-state index is 0.0372. The maximum absolute atomic E-state index is 14.6. The second-order valence-corrected chi connectivity index (χ2v) is 31.2. The molecule has 3 heterocycles. The van der Waals surface area contributed by atoms with Crippen molar-refractivity contribution < 1.29 is 82.1 Å². The van der Waals surface area contributed by atoms with Crippen LogP contribution in [0.2, 0.25) is 0 Å². The zero-order valence-electron chi connectivity index (χ0n) is 63.6. The van der Waals surface area contributed by atoms with E-state index in [9.17, 15) is 82.1 Å². The molecular formula is C70H121N15O17. The number of rotatable bonds is 38. The minimum atomic E-state index is -1.75. The number of hydrogen-bond donors (Lipinski definition) is 14. The van der Waals surface area contributed by atoms with Crippen molar-refractivity contribution in [3.8, 4) is 0 Å². The van der Waals surface area contributed by atoms with Crippen molar-refractivity contribution in [2.75, 3.05) is 32.8 Å². The first-order chi connectivity index (χ1) is 47.2. The molecule has 0 aromatic heterocycles. The first-order valence-corrected chi connectivity index (χ1v) is 36.0. The molecule has 0 spiro atoms. The average molecular weight is 1440 g/mol. The van der Waals surface area contributed by atoms with Crippen molar-refractivity contribution in [1.82, 2.24) is 73.2 Å². The number of aliphatic hydroxyl groups is 2. The summed E-state index contributed by atoms with van der Waals surface area (Å²) in [4.78, 5) is 211. The van der Waals surface area contributed by atoms with Gasteiger partial charge in [-0.25, -0.2) is 0 Å². The molecule has 0 unspecified atom stereocenters. The lowest BCUT2D eigenvalue weighted by Crippen LogP contribution is -2.65. The minimum Gasteiger partial charge on any atom is -0.394 e. The fourth-order valence-electron chi connectivity index (χ4n) is 12.9. The molecule has 102 heavy (non-hydrogen) atoms. The van der Waals surface area contributed by atoms with Crippen LogP contribution >= 0.6 is 0 Å². The van der Waals surface area contributed by atoms with E-state index in [2.05, 4.69) is 58.5 Å². The smallest absolute Gasteiger partial charge is 0.248 e. The number of carbonyl (C=O) groups is 15. The molecule has 3 aliphatic rings. The summed E-state index contributed by atoms with van der Waals surface area (Å²) in [6.45, 7) is 29.9. The number of primary amides is 1. The second-order valence-electron chi connectivity index (χ2n) is 31.2. The lowest BCUT2D eigenvalue weighted by atomic mass is 9.95. The summed E-state index contributed by atoms with van der Waals surface area (Å²) in [6, 6.07) is -11.9. The number of hydrogen-bond acceptors (Lipinski definition) is 17. The van der Waals surface area contributed by atoms with Gasteiger partial charge in [-0.1, -0.05) is 82.1 Å². The summed E-state index contributed by atoms with van der Waals surface area (Å²) in [5, 5.41) is 49.7. The van der Waals surface area contributed by atoms with Crippen LogP contribution in [0.15, 0.2) is 0 Å². The van der Waals surface area contributed by atoms with Gasteiger partial charge in [0.05, 0.1) is 25.7 Å². The van der Waals surface area contributed by atoms with Crippen LogP contribution in [0.25, 0.3) is 0 Å². The topological polar surface area (TPSA) is 465 Å². The van der Waals surface area contributed by atoms with Gasteiger partial charge in [-0.2, -0.15) is 0 Å². The van der Waals surface area contributed by atoms with E-state index < -0.39 is 196 Å². The third-order valence-corrected chi connectivity index (χ3v) is 18.8. The van der Waals surface area contributed by atoms with Gasteiger partial charge in [-0.05, 0) is 143 Å². The summed E-state index contributed by atoms with van der Waals surface area (Å²) >= 11 is 0. The van der Waals surface area contributed by atoms with Crippen molar-refractivity contribution >= 4 is 88.6 Å². The summed E-state index contributed by atoms with van der Waals surface area (Å²) in [5.74, 6) is -12.4. The van der Waals surface area contributed by atoms with Gasteiger partial charge in [0.1, 0.15) is 76.5 Å². The lowest BCUT2D eigenvalue weighted by molar-refractivity contribution is -0.146. The zero-order valence-corrected chi connectivity index (χ0v) is 63.6. The Morgan fingerprint density at radius 2 is 0.755 bits per heavy atom. The van der Waals surface area contributed by atoms with Gasteiger partial charge in [0.25, 0.3) is 0 Å². The Balaban J connectivity index is 1.75. The first kappa shape index (κ1) is 88.2. The number of aliphatic hydroxyl groups excluding tert-OH is 2. The van der Waals surface area contributed by atoms with Crippen LogP contribution in [0.3, 0.4) is 0 Å². The van der Waals surface area contributed by atoms with E-state index in [1.165, 1.54) is 77.0 Å². The number of amides is 15. The molecule has 15 amide bonds. The van der Waals surface area contributed by atoms with Gasteiger partial charge in [0.15, 0.2) is 0 Å². The van der Waals surface area contributed by atoms with Gasteiger partial charge < -0.3 is 89.1 Å². The molecule has 0 saturated carbocycles. The van der Waals surface area contributed by atoms with Gasteiger partial charge >= 0.3 is 0 Å². The van der Waals surface area contributed by atoms with Crippen molar-refractivity contribution in [2.45, 2.75) is 291 Å². The molecule has 32 heteroatoms. The van der Waals surface area contributed by atoms with E-state index in [0.29, 0.717) is 44.9 Å². The maximum Gasteiger partial charge on any atom is 0.248 e. The van der Waals surface area contributed by atoms with Crippen molar-refractivity contribution in [1.29, 1.82) is 0 Å². The first-order valence-electron chi connectivity index (χ1n) is 36.0. The molecule has 32 nitrogen and oxygen atoms in total. The standard InChI is InChI=1S/C70H121N15O17/c1-20-40(9)52(77-55(91)46(34-51(71)89)76-63(99)67(12,13)79-42(11)88)61(97)81-70(18,19)66(102)85-30-24-27-50(85)60(96)75-47(36-87)56(92)78-53(41(10)21-2)62(98)82-69(16,17)65(101)84-29-23-26-49(84)59(95)74-44(32-38(5)6)54(90)73-45(33-39(7)8)57(93)80-68(14,15)64(100)83-28-22-25-48(83)58(94)72-43(35-86)31-37(3)4/h37-41,43-50,52-53,86-87H,20-36H2,1-19H3,(H2,71,89)(H,72,94)(H,73,90)(H,74,95)(H,75,96)(H,76,99)(H,77,91)(H,78,92)(H,79,88)(H,80,93)(H,81,97)(H,82,98)/t40-,41-,43-,44-,45-,46-,47-,48-,49-,50-,52-,53-/m0/s1. The van der Waals surface area contributed by atoms with Crippen molar-refractivity contribution in [3.63, 3.8) is 0 Å². The van der Waals surface area contributed by atoms with Gasteiger partial charge in [-0.3, -0.25) is 71.9 Å². The molecule has 0 radical (unpaired) electrons. The molecule has 578 valence electrons. The third-order valence-electron chi connectivity index (χ3n) is 18.8. The Morgan fingerprint density at radius 3 is 1.10 bits per heavy atom. The van der Waals surface area contributed by atoms with Crippen molar-refractivity contribution in [3.05, 3.63) is 0 Å². The fourth-order valence-corrected chi connectivity index (χ4v) is 12.9. The van der Waals surface area contributed by atoms with Crippen LogP contribution in [0, 0.1) is 29.6 Å². The zero-order chi connectivity index (χ0) is 77.9. The molecule has 0 bridgehead atoms. The van der Waals surface area contributed by atoms with Crippen molar-refractivity contribution in [2.24, 2.45) is 35.3 Å². The molecule has 3 saturated heterocycles. The third kappa shape index (κ3) is 25.1. The molecule has 3 fully saturated rings. The number of carbonyl (C=O) groups excluding carboxylic acids is 15. The van der Waals surface area contributed by atoms with E-state index in [1.54, 1.807) is 27.7 Å². The molecule has 0 aliphatic carbocycles. The second kappa shape index (κ2) is 38.5. The highest BCUT2D eigenvalue weighted by atomic mass is 16.3. The quantitative estimate of drug-likeness (QED) is 0.0354. The Labute approximate surface area is 601 Å². The largest absolute Gasteiger partial charge is 0.394 e.